The van der Waals surface area contributed by atoms with Gasteiger partial charge in [-0.3, -0.25) is 4.57 Å². The van der Waals surface area contributed by atoms with Crippen molar-refractivity contribution in [2.45, 2.75) is 79.6 Å². The van der Waals surface area contributed by atoms with Crippen LogP contribution in [-0.2, 0) is 0 Å². The van der Waals surface area contributed by atoms with Gasteiger partial charge in [0.15, 0.2) is 0 Å². The molecule has 6 aromatic rings. The van der Waals surface area contributed by atoms with Crippen molar-refractivity contribution in [3.63, 3.8) is 0 Å². The SMILES string of the molecule is CC(C)N(c1ccnc(Oc2cccc(-c3ccc4c5ccccc5n(-c5cc(N(C(C)C)C(C)C)ccn5)c4c3)c2)c1)C(C)C. The second-order valence-corrected chi connectivity index (χ2v) is 13.1. The summed E-state index contributed by atoms with van der Waals surface area (Å²) >= 11 is 0. The van der Waals surface area contributed by atoms with Gasteiger partial charge < -0.3 is 14.5 Å². The maximum Gasteiger partial charge on any atom is 0.221 e. The van der Waals surface area contributed by atoms with E-state index in [0.29, 0.717) is 30.0 Å². The molecule has 0 aliphatic rings. The minimum absolute atomic E-state index is 0.367. The lowest BCUT2D eigenvalue weighted by atomic mass is 10.0. The largest absolute Gasteiger partial charge is 0.439 e. The molecule has 6 nitrogen and oxygen atoms in total. The van der Waals surface area contributed by atoms with E-state index >= 15 is 0 Å². The molecule has 0 spiro atoms. The number of rotatable bonds is 10. The normalized spacial score (nSPS) is 11.8. The Kier molecular flexibility index (Phi) is 8.72. The van der Waals surface area contributed by atoms with E-state index in [1.807, 2.05) is 36.7 Å². The van der Waals surface area contributed by atoms with Crippen LogP contribution in [0.5, 0.6) is 11.6 Å². The fraction of sp³-hybridized carbons (Fsp3) is 0.300. The lowest BCUT2D eigenvalue weighted by Crippen LogP contribution is -2.37. The third kappa shape index (κ3) is 6.04. The van der Waals surface area contributed by atoms with Crippen LogP contribution in [-0.4, -0.2) is 38.7 Å². The summed E-state index contributed by atoms with van der Waals surface area (Å²) in [6, 6.07) is 33.4. The molecule has 3 aromatic heterocycles. The first-order chi connectivity index (χ1) is 22.1. The van der Waals surface area contributed by atoms with E-state index in [-0.39, 0.29) is 0 Å². The van der Waals surface area contributed by atoms with E-state index < -0.39 is 0 Å². The second kappa shape index (κ2) is 12.9. The lowest BCUT2D eigenvalue weighted by molar-refractivity contribution is 0.462. The zero-order chi connectivity index (χ0) is 32.5. The van der Waals surface area contributed by atoms with Gasteiger partial charge in [-0.15, -0.1) is 0 Å². The van der Waals surface area contributed by atoms with Crippen LogP contribution in [0.1, 0.15) is 55.4 Å². The molecule has 0 N–H and O–H groups in total. The predicted molar refractivity (Wildman–Crippen MR) is 194 cm³/mol. The Hall–Kier alpha value is -4.84. The Bertz CT molecular complexity index is 1960. The summed E-state index contributed by atoms with van der Waals surface area (Å²) in [5.74, 6) is 2.24. The van der Waals surface area contributed by atoms with Gasteiger partial charge in [0.05, 0.1) is 11.0 Å². The summed E-state index contributed by atoms with van der Waals surface area (Å²) in [6.07, 6.45) is 3.75. The number of nitrogens with zero attached hydrogens (tertiary/aromatic N) is 5. The third-order valence-electron chi connectivity index (χ3n) is 8.56. The van der Waals surface area contributed by atoms with Gasteiger partial charge in [0, 0.05) is 70.8 Å². The van der Waals surface area contributed by atoms with E-state index in [1.165, 1.54) is 16.5 Å². The van der Waals surface area contributed by atoms with Crippen LogP contribution in [0, 0.1) is 0 Å². The van der Waals surface area contributed by atoms with E-state index in [0.717, 1.165) is 39.4 Å². The highest BCUT2D eigenvalue weighted by Gasteiger charge is 2.19. The molecule has 6 heteroatoms. The third-order valence-corrected chi connectivity index (χ3v) is 8.56. The van der Waals surface area contributed by atoms with Crippen molar-refractivity contribution in [3.8, 4) is 28.6 Å². The van der Waals surface area contributed by atoms with Crippen molar-refractivity contribution in [2.75, 3.05) is 9.80 Å². The molecule has 0 saturated carbocycles. The molecule has 0 atom stereocenters. The summed E-state index contributed by atoms with van der Waals surface area (Å²) in [5.41, 5.74) is 6.71. The molecule has 6 rings (SSSR count). The van der Waals surface area contributed by atoms with Gasteiger partial charge in [0.25, 0.3) is 0 Å². The Morgan fingerprint density at radius 3 is 1.85 bits per heavy atom. The maximum absolute atomic E-state index is 6.34. The lowest BCUT2D eigenvalue weighted by Gasteiger charge is -2.33. The zero-order valence-electron chi connectivity index (χ0n) is 28.3. The number of pyridine rings is 2. The minimum atomic E-state index is 0.367. The first-order valence-electron chi connectivity index (χ1n) is 16.4. The number of ether oxygens (including phenoxy) is 1. The Morgan fingerprint density at radius 1 is 0.543 bits per heavy atom. The van der Waals surface area contributed by atoms with Gasteiger partial charge in [-0.05, 0) is 103 Å². The van der Waals surface area contributed by atoms with Gasteiger partial charge >= 0.3 is 0 Å². The molecule has 0 fully saturated rings. The van der Waals surface area contributed by atoms with Crippen LogP contribution in [0.3, 0.4) is 0 Å². The van der Waals surface area contributed by atoms with Gasteiger partial charge in [-0.1, -0.05) is 42.5 Å². The fourth-order valence-corrected chi connectivity index (χ4v) is 6.95. The van der Waals surface area contributed by atoms with Crippen molar-refractivity contribution in [1.29, 1.82) is 0 Å². The monoisotopic (exact) mass is 611 g/mol. The van der Waals surface area contributed by atoms with E-state index in [1.54, 1.807) is 0 Å². The van der Waals surface area contributed by atoms with Crippen molar-refractivity contribution in [3.05, 3.63) is 103 Å². The smallest absolute Gasteiger partial charge is 0.221 e. The van der Waals surface area contributed by atoms with E-state index in [4.69, 9.17) is 9.72 Å². The minimum Gasteiger partial charge on any atom is -0.439 e. The standard InChI is InChI=1S/C40H45N5O/c1-26(2)43(27(3)4)32-18-20-41-39(24-32)45-37-15-10-9-14-35(37)36-17-16-31(23-38(36)45)30-12-11-13-34(22-30)46-40-25-33(19-21-42-40)44(28(5)6)29(7)8/h9-29H,1-8H3. The summed E-state index contributed by atoms with van der Waals surface area (Å²) in [4.78, 5) is 14.2. The number of fused-ring (bicyclic) bond motifs is 3. The number of para-hydroxylation sites is 1. The van der Waals surface area contributed by atoms with E-state index in [2.05, 4.69) is 141 Å². The summed E-state index contributed by atoms with van der Waals surface area (Å²) in [6.45, 7) is 17.8. The highest BCUT2D eigenvalue weighted by Crippen LogP contribution is 2.36. The Labute approximate surface area is 273 Å². The highest BCUT2D eigenvalue weighted by molar-refractivity contribution is 6.10. The molecule has 3 heterocycles. The number of benzene rings is 3. The number of hydrogen-bond acceptors (Lipinski definition) is 5. The van der Waals surface area contributed by atoms with Crippen LogP contribution < -0.4 is 14.5 Å². The zero-order valence-corrected chi connectivity index (χ0v) is 28.3. The van der Waals surface area contributed by atoms with Crippen molar-refractivity contribution in [2.24, 2.45) is 0 Å². The van der Waals surface area contributed by atoms with Crippen LogP contribution in [0.25, 0.3) is 38.8 Å². The maximum atomic E-state index is 6.34. The van der Waals surface area contributed by atoms with E-state index in [9.17, 15) is 0 Å². The van der Waals surface area contributed by atoms with Crippen molar-refractivity contribution >= 4 is 33.2 Å². The molecule has 0 radical (unpaired) electrons. The first kappa shape index (κ1) is 31.2. The molecule has 236 valence electrons. The molecule has 0 amide bonds. The van der Waals surface area contributed by atoms with Gasteiger partial charge in [0.2, 0.25) is 5.88 Å². The van der Waals surface area contributed by atoms with Crippen LogP contribution in [0.4, 0.5) is 11.4 Å². The summed E-state index contributed by atoms with van der Waals surface area (Å²) < 4.78 is 8.63. The first-order valence-corrected chi connectivity index (χ1v) is 16.4. The molecule has 0 bridgehead atoms. The second-order valence-electron chi connectivity index (χ2n) is 13.1. The van der Waals surface area contributed by atoms with Crippen LogP contribution >= 0.6 is 0 Å². The van der Waals surface area contributed by atoms with Crippen molar-refractivity contribution in [1.82, 2.24) is 14.5 Å². The van der Waals surface area contributed by atoms with Crippen molar-refractivity contribution < 1.29 is 4.74 Å². The number of aromatic nitrogens is 3. The number of hydrogen-bond donors (Lipinski definition) is 0. The molecular weight excluding hydrogens is 566 g/mol. The summed E-state index contributed by atoms with van der Waals surface area (Å²) in [5, 5.41) is 2.41. The average Bonchev–Trinajstić information content (AvgIpc) is 3.34. The predicted octanol–water partition coefficient (Wildman–Crippen LogP) is 10.3. The van der Waals surface area contributed by atoms with Gasteiger partial charge in [-0.25, -0.2) is 9.97 Å². The molecule has 0 saturated heterocycles. The Balaban J connectivity index is 1.40. The van der Waals surface area contributed by atoms with Crippen LogP contribution in [0.2, 0.25) is 0 Å². The summed E-state index contributed by atoms with van der Waals surface area (Å²) in [7, 11) is 0. The molecule has 0 aliphatic heterocycles. The fourth-order valence-electron chi connectivity index (χ4n) is 6.95. The van der Waals surface area contributed by atoms with Gasteiger partial charge in [0.1, 0.15) is 11.6 Å². The Morgan fingerprint density at radius 2 is 1.15 bits per heavy atom. The highest BCUT2D eigenvalue weighted by atomic mass is 16.5. The van der Waals surface area contributed by atoms with Gasteiger partial charge in [-0.2, -0.15) is 0 Å². The average molecular weight is 612 g/mol. The quantitative estimate of drug-likeness (QED) is 0.154. The van der Waals surface area contributed by atoms with Crippen LogP contribution in [0.15, 0.2) is 103 Å². The topological polar surface area (TPSA) is 46.4 Å². The molecular formula is C40H45N5O. The molecule has 0 aliphatic carbocycles. The molecule has 3 aromatic carbocycles. The molecule has 46 heavy (non-hydrogen) atoms. The molecule has 0 unspecified atom stereocenters. The number of anilines is 2.